The minimum absolute atomic E-state index is 0.431. The summed E-state index contributed by atoms with van der Waals surface area (Å²) in [6.07, 6.45) is 0. The number of aliphatic carboxylic acids is 1. The molecule has 0 aromatic heterocycles. The third-order valence-electron chi connectivity index (χ3n) is 0.849. The molecule has 0 fully saturated rings. The van der Waals surface area contributed by atoms with Crippen LogP contribution in [-0.4, -0.2) is 35.2 Å². The number of hydrogen-bond donors (Lipinski definition) is 3. The Hall–Kier alpha value is 0.0900. The van der Waals surface area contributed by atoms with Gasteiger partial charge in [-0.1, -0.05) is 21.6 Å². The van der Waals surface area contributed by atoms with Crippen molar-refractivity contribution in [2.45, 2.75) is 6.04 Å². The summed E-state index contributed by atoms with van der Waals surface area (Å²) in [4.78, 5) is 10.2. The van der Waals surface area contributed by atoms with E-state index in [1.54, 1.807) is 10.8 Å². The molecule has 0 saturated carbocycles. The Morgan fingerprint density at radius 3 is 2.64 bits per heavy atom. The Bertz CT molecular complexity index is 123. The standard InChI is InChI=1S/C5H12N2O2S2/c6-1-2-10-11-3-4(7)5(8)9/h4H,1-3,6-7H2,(H,8,9)/t4-/m1/s1. The monoisotopic (exact) mass is 196 g/mol. The second kappa shape index (κ2) is 6.78. The van der Waals surface area contributed by atoms with Gasteiger partial charge in [0.1, 0.15) is 6.04 Å². The van der Waals surface area contributed by atoms with E-state index in [4.69, 9.17) is 16.6 Å². The van der Waals surface area contributed by atoms with Crippen LogP contribution in [0, 0.1) is 0 Å². The number of carbonyl (C=O) groups is 1. The fourth-order valence-electron chi connectivity index (χ4n) is 0.300. The van der Waals surface area contributed by atoms with Crippen LogP contribution >= 0.6 is 21.6 Å². The molecule has 0 spiro atoms. The number of carboxylic acids is 1. The molecule has 11 heavy (non-hydrogen) atoms. The molecule has 0 radical (unpaired) electrons. The van der Waals surface area contributed by atoms with Crippen molar-refractivity contribution in [1.82, 2.24) is 0 Å². The molecule has 0 bridgehead atoms. The van der Waals surface area contributed by atoms with Gasteiger partial charge in [-0.15, -0.1) is 0 Å². The highest BCUT2D eigenvalue weighted by molar-refractivity contribution is 8.76. The van der Waals surface area contributed by atoms with Crippen LogP contribution < -0.4 is 11.5 Å². The van der Waals surface area contributed by atoms with Crippen molar-refractivity contribution in [3.63, 3.8) is 0 Å². The van der Waals surface area contributed by atoms with Gasteiger partial charge in [-0.25, -0.2) is 0 Å². The molecule has 0 amide bonds. The van der Waals surface area contributed by atoms with Crippen LogP contribution in [0.2, 0.25) is 0 Å². The Morgan fingerprint density at radius 1 is 1.55 bits per heavy atom. The minimum atomic E-state index is -0.953. The molecular formula is C5H12N2O2S2. The molecule has 5 N–H and O–H groups in total. The van der Waals surface area contributed by atoms with Crippen molar-refractivity contribution < 1.29 is 9.90 Å². The highest BCUT2D eigenvalue weighted by Gasteiger charge is 2.10. The van der Waals surface area contributed by atoms with Crippen LogP contribution in [0.15, 0.2) is 0 Å². The van der Waals surface area contributed by atoms with E-state index < -0.39 is 12.0 Å². The lowest BCUT2D eigenvalue weighted by Crippen LogP contribution is -2.32. The molecule has 0 aliphatic carbocycles. The van der Waals surface area contributed by atoms with Gasteiger partial charge in [0.2, 0.25) is 0 Å². The largest absolute Gasteiger partial charge is 0.480 e. The molecule has 0 aliphatic rings. The highest BCUT2D eigenvalue weighted by atomic mass is 33.1. The summed E-state index contributed by atoms with van der Waals surface area (Å²) in [6, 6.07) is -0.759. The Labute approximate surface area is 73.5 Å². The molecule has 0 saturated heterocycles. The van der Waals surface area contributed by atoms with Crippen LogP contribution in [0.4, 0.5) is 0 Å². The van der Waals surface area contributed by atoms with Crippen molar-refractivity contribution in [2.75, 3.05) is 18.1 Å². The molecule has 4 nitrogen and oxygen atoms in total. The molecule has 0 aliphatic heterocycles. The molecule has 0 aromatic rings. The van der Waals surface area contributed by atoms with Crippen LogP contribution in [0.1, 0.15) is 0 Å². The average molecular weight is 196 g/mol. The Kier molecular flexibility index (Phi) is 6.83. The van der Waals surface area contributed by atoms with Gasteiger partial charge < -0.3 is 16.6 Å². The molecule has 1 atom stereocenters. The van der Waals surface area contributed by atoms with Crippen LogP contribution in [-0.2, 0) is 4.79 Å². The highest BCUT2D eigenvalue weighted by Crippen LogP contribution is 2.20. The second-order valence-electron chi connectivity index (χ2n) is 1.84. The molecule has 66 valence electrons. The quantitative estimate of drug-likeness (QED) is 0.400. The summed E-state index contributed by atoms with van der Waals surface area (Å²) in [7, 11) is 2.99. The smallest absolute Gasteiger partial charge is 0.321 e. The molecule has 0 unspecified atom stereocenters. The predicted molar refractivity (Wildman–Crippen MR) is 49.6 cm³/mol. The Balaban J connectivity index is 3.17. The van der Waals surface area contributed by atoms with Crippen molar-refractivity contribution in [1.29, 1.82) is 0 Å². The minimum Gasteiger partial charge on any atom is -0.480 e. The van der Waals surface area contributed by atoms with Gasteiger partial charge in [0, 0.05) is 18.1 Å². The number of nitrogens with two attached hydrogens (primary N) is 2. The van der Waals surface area contributed by atoms with Crippen LogP contribution in [0.5, 0.6) is 0 Å². The molecular weight excluding hydrogens is 184 g/mol. The van der Waals surface area contributed by atoms with E-state index in [0.717, 1.165) is 5.75 Å². The van der Waals surface area contributed by atoms with Gasteiger partial charge in [-0.05, 0) is 0 Å². The fraction of sp³-hybridized carbons (Fsp3) is 0.800. The van der Waals surface area contributed by atoms with E-state index in [1.807, 2.05) is 0 Å². The summed E-state index contributed by atoms with van der Waals surface area (Å²) in [5.74, 6) is 0.308. The third kappa shape index (κ3) is 6.49. The first-order chi connectivity index (χ1) is 5.18. The predicted octanol–water partition coefficient (Wildman–Crippen LogP) is -0.262. The maximum atomic E-state index is 10.2. The van der Waals surface area contributed by atoms with E-state index in [2.05, 4.69) is 0 Å². The fourth-order valence-corrected chi connectivity index (χ4v) is 2.27. The Morgan fingerprint density at radius 2 is 2.18 bits per heavy atom. The molecule has 6 heteroatoms. The van der Waals surface area contributed by atoms with Gasteiger partial charge in [-0.3, -0.25) is 4.79 Å². The van der Waals surface area contributed by atoms with E-state index >= 15 is 0 Å². The summed E-state index contributed by atoms with van der Waals surface area (Å²) in [5.41, 5.74) is 10.5. The summed E-state index contributed by atoms with van der Waals surface area (Å²) < 4.78 is 0. The van der Waals surface area contributed by atoms with Gasteiger partial charge in [0.15, 0.2) is 0 Å². The van der Waals surface area contributed by atoms with Crippen molar-refractivity contribution in [3.05, 3.63) is 0 Å². The lowest BCUT2D eigenvalue weighted by molar-refractivity contribution is -0.137. The van der Waals surface area contributed by atoms with E-state index in [0.29, 0.717) is 12.3 Å². The average Bonchev–Trinajstić information content (AvgIpc) is 1.97. The number of hydrogen-bond acceptors (Lipinski definition) is 5. The molecule has 0 aromatic carbocycles. The zero-order chi connectivity index (χ0) is 8.69. The topological polar surface area (TPSA) is 89.3 Å². The maximum absolute atomic E-state index is 10.2. The zero-order valence-corrected chi connectivity index (χ0v) is 7.66. The van der Waals surface area contributed by atoms with Gasteiger partial charge >= 0.3 is 5.97 Å². The molecule has 0 rings (SSSR count). The summed E-state index contributed by atoms with van der Waals surface area (Å²) >= 11 is 0. The zero-order valence-electron chi connectivity index (χ0n) is 6.03. The van der Waals surface area contributed by atoms with Crippen LogP contribution in [0.3, 0.4) is 0 Å². The summed E-state index contributed by atoms with van der Waals surface area (Å²) in [5, 5.41) is 8.37. The first-order valence-corrected chi connectivity index (χ1v) is 5.60. The first-order valence-electron chi connectivity index (χ1n) is 3.11. The van der Waals surface area contributed by atoms with Gasteiger partial charge in [0.25, 0.3) is 0 Å². The third-order valence-corrected chi connectivity index (χ3v) is 3.32. The number of rotatable bonds is 6. The lowest BCUT2D eigenvalue weighted by Gasteiger charge is -2.03. The van der Waals surface area contributed by atoms with Crippen LogP contribution in [0.25, 0.3) is 0 Å². The van der Waals surface area contributed by atoms with E-state index in [9.17, 15) is 4.79 Å². The molecule has 0 heterocycles. The van der Waals surface area contributed by atoms with Crippen molar-refractivity contribution in [3.8, 4) is 0 Å². The SMILES string of the molecule is NCCSSC[C@@H](N)C(=O)O. The maximum Gasteiger partial charge on any atom is 0.321 e. The van der Waals surface area contributed by atoms with Crippen molar-refractivity contribution >= 4 is 27.6 Å². The van der Waals surface area contributed by atoms with Crippen molar-refractivity contribution in [2.24, 2.45) is 11.5 Å². The number of carboxylic acid groups (broad SMARTS) is 1. The van der Waals surface area contributed by atoms with E-state index in [-0.39, 0.29) is 0 Å². The second-order valence-corrected chi connectivity index (χ2v) is 4.47. The van der Waals surface area contributed by atoms with Gasteiger partial charge in [0.05, 0.1) is 0 Å². The normalized spacial score (nSPS) is 12.9. The lowest BCUT2D eigenvalue weighted by atomic mass is 10.4. The van der Waals surface area contributed by atoms with Gasteiger partial charge in [-0.2, -0.15) is 0 Å². The van der Waals surface area contributed by atoms with E-state index in [1.165, 1.54) is 10.8 Å². The summed E-state index contributed by atoms with van der Waals surface area (Å²) in [6.45, 7) is 0.611. The first kappa shape index (κ1) is 11.1.